The lowest BCUT2D eigenvalue weighted by atomic mass is 10.2. The molecule has 2 rings (SSSR count). The first-order valence-corrected chi connectivity index (χ1v) is 7.68. The van der Waals surface area contributed by atoms with Gasteiger partial charge in [0, 0.05) is 0 Å². The van der Waals surface area contributed by atoms with Gasteiger partial charge in [-0.25, -0.2) is 4.39 Å². The highest BCUT2D eigenvalue weighted by Crippen LogP contribution is 2.12. The molecule has 25 heavy (non-hydrogen) atoms. The summed E-state index contributed by atoms with van der Waals surface area (Å²) in [5.74, 6) is -0.268. The van der Waals surface area contributed by atoms with Gasteiger partial charge in [0.1, 0.15) is 17.3 Å². The fourth-order valence-corrected chi connectivity index (χ4v) is 1.88. The Balaban J connectivity index is 1.60. The maximum Gasteiger partial charge on any atom is 0.276 e. The summed E-state index contributed by atoms with van der Waals surface area (Å²) in [4.78, 5) is 23.2. The highest BCUT2D eigenvalue weighted by atomic mass is 19.1. The molecule has 0 aliphatic carbocycles. The second-order valence-corrected chi connectivity index (χ2v) is 5.25. The van der Waals surface area contributed by atoms with Gasteiger partial charge >= 0.3 is 0 Å². The molecule has 132 valence electrons. The van der Waals surface area contributed by atoms with E-state index >= 15 is 0 Å². The minimum atomic E-state index is -0.530. The fraction of sp³-hybridized carbons (Fsp3) is 0.222. The lowest BCUT2D eigenvalue weighted by Gasteiger charge is -2.09. The molecule has 7 heteroatoms. The van der Waals surface area contributed by atoms with Crippen LogP contribution >= 0.6 is 0 Å². The van der Waals surface area contributed by atoms with Crippen LogP contribution in [0.3, 0.4) is 0 Å². The van der Waals surface area contributed by atoms with Gasteiger partial charge in [0.2, 0.25) is 5.91 Å². The molecule has 0 aliphatic heterocycles. The molecule has 0 aromatic heterocycles. The average Bonchev–Trinajstić information content (AvgIpc) is 2.59. The first-order valence-electron chi connectivity index (χ1n) is 7.68. The Labute approximate surface area is 144 Å². The molecule has 0 unspecified atom stereocenters. The third-order valence-corrected chi connectivity index (χ3v) is 3.11. The largest absolute Gasteiger partial charge is 0.493 e. The van der Waals surface area contributed by atoms with Crippen molar-refractivity contribution in [2.45, 2.75) is 13.3 Å². The maximum absolute atomic E-state index is 12.7. The summed E-state index contributed by atoms with van der Waals surface area (Å²) >= 11 is 0. The van der Waals surface area contributed by atoms with E-state index in [2.05, 4.69) is 10.9 Å². The summed E-state index contributed by atoms with van der Waals surface area (Å²) in [5, 5.41) is 0. The van der Waals surface area contributed by atoms with E-state index in [0.29, 0.717) is 11.5 Å². The first-order chi connectivity index (χ1) is 12.0. The summed E-state index contributed by atoms with van der Waals surface area (Å²) in [6, 6.07) is 12.8. The number of ether oxygens (including phenoxy) is 2. The van der Waals surface area contributed by atoms with E-state index in [0.717, 1.165) is 5.56 Å². The Morgan fingerprint density at radius 1 is 0.960 bits per heavy atom. The summed E-state index contributed by atoms with van der Waals surface area (Å²) in [7, 11) is 0. The molecular weight excluding hydrogens is 327 g/mol. The molecule has 0 fully saturated rings. The molecule has 2 aromatic rings. The second-order valence-electron chi connectivity index (χ2n) is 5.25. The third kappa shape index (κ3) is 6.90. The van der Waals surface area contributed by atoms with Gasteiger partial charge in [-0.3, -0.25) is 20.4 Å². The van der Waals surface area contributed by atoms with Crippen molar-refractivity contribution >= 4 is 11.8 Å². The molecule has 0 spiro atoms. The number of rotatable bonds is 7. The van der Waals surface area contributed by atoms with E-state index in [1.807, 2.05) is 25.1 Å². The highest BCUT2D eigenvalue weighted by Gasteiger charge is 2.06. The van der Waals surface area contributed by atoms with E-state index in [-0.39, 0.29) is 25.5 Å². The van der Waals surface area contributed by atoms with Crippen molar-refractivity contribution < 1.29 is 23.5 Å². The third-order valence-electron chi connectivity index (χ3n) is 3.11. The Hall–Kier alpha value is -3.09. The van der Waals surface area contributed by atoms with Gasteiger partial charge in [0.05, 0.1) is 13.0 Å². The van der Waals surface area contributed by atoms with Crippen LogP contribution in [0.2, 0.25) is 0 Å². The Bertz CT molecular complexity index is 719. The molecule has 0 radical (unpaired) electrons. The van der Waals surface area contributed by atoms with Crippen LogP contribution < -0.4 is 20.3 Å². The number of amides is 2. The monoisotopic (exact) mass is 346 g/mol. The Morgan fingerprint density at radius 3 is 2.40 bits per heavy atom. The van der Waals surface area contributed by atoms with Crippen molar-refractivity contribution in [1.29, 1.82) is 0 Å². The molecule has 2 amide bonds. The van der Waals surface area contributed by atoms with E-state index in [9.17, 15) is 14.0 Å². The normalized spacial score (nSPS) is 10.0. The SMILES string of the molecule is Cc1cccc(OCCC(=O)NNC(=O)COc2ccc(F)cc2)c1. The van der Waals surface area contributed by atoms with Crippen LogP contribution in [0.4, 0.5) is 4.39 Å². The Kier molecular flexibility index (Phi) is 6.76. The van der Waals surface area contributed by atoms with Crippen molar-refractivity contribution in [3.05, 3.63) is 59.9 Å². The van der Waals surface area contributed by atoms with Gasteiger partial charge in [-0.1, -0.05) is 12.1 Å². The van der Waals surface area contributed by atoms with Crippen molar-refractivity contribution in [2.24, 2.45) is 0 Å². The van der Waals surface area contributed by atoms with Crippen LogP contribution in [0.15, 0.2) is 48.5 Å². The second kappa shape index (κ2) is 9.27. The molecule has 2 N–H and O–H groups in total. The van der Waals surface area contributed by atoms with Gasteiger partial charge in [-0.2, -0.15) is 0 Å². The number of hydrogen-bond acceptors (Lipinski definition) is 4. The van der Waals surface area contributed by atoms with E-state index in [1.165, 1.54) is 24.3 Å². The predicted molar refractivity (Wildman–Crippen MR) is 89.5 cm³/mol. The summed E-state index contributed by atoms with van der Waals surface area (Å²) in [5.41, 5.74) is 5.56. The number of carbonyl (C=O) groups is 2. The van der Waals surface area contributed by atoms with Crippen LogP contribution in [0.5, 0.6) is 11.5 Å². The molecule has 0 atom stereocenters. The molecule has 0 bridgehead atoms. The molecule has 0 heterocycles. The number of benzene rings is 2. The van der Waals surface area contributed by atoms with Crippen molar-refractivity contribution in [3.8, 4) is 11.5 Å². The van der Waals surface area contributed by atoms with Crippen molar-refractivity contribution in [3.63, 3.8) is 0 Å². The average molecular weight is 346 g/mol. The minimum Gasteiger partial charge on any atom is -0.493 e. The van der Waals surface area contributed by atoms with Crippen LogP contribution in [0.1, 0.15) is 12.0 Å². The molecule has 0 saturated carbocycles. The lowest BCUT2D eigenvalue weighted by Crippen LogP contribution is -2.44. The standard InChI is InChI=1S/C18H19FN2O4/c1-13-3-2-4-16(11-13)24-10-9-17(22)20-21-18(23)12-25-15-7-5-14(19)6-8-15/h2-8,11H,9-10,12H2,1H3,(H,20,22)(H,21,23). The molecule has 6 nitrogen and oxygen atoms in total. The quantitative estimate of drug-likeness (QED) is 0.753. The van der Waals surface area contributed by atoms with E-state index in [4.69, 9.17) is 9.47 Å². The number of hydrazine groups is 1. The topological polar surface area (TPSA) is 76.7 Å². The number of hydrogen-bond donors (Lipinski definition) is 2. The first kappa shape index (κ1) is 18.3. The number of carbonyl (C=O) groups excluding carboxylic acids is 2. The maximum atomic E-state index is 12.7. The van der Waals surface area contributed by atoms with E-state index < -0.39 is 11.7 Å². The zero-order valence-corrected chi connectivity index (χ0v) is 13.8. The van der Waals surface area contributed by atoms with Crippen molar-refractivity contribution in [1.82, 2.24) is 10.9 Å². The van der Waals surface area contributed by atoms with Crippen LogP contribution in [0.25, 0.3) is 0 Å². The Morgan fingerprint density at radius 2 is 1.68 bits per heavy atom. The zero-order chi connectivity index (χ0) is 18.1. The zero-order valence-electron chi connectivity index (χ0n) is 13.8. The molecular formula is C18H19FN2O4. The van der Waals surface area contributed by atoms with Gasteiger partial charge < -0.3 is 9.47 Å². The number of aryl methyl sites for hydroxylation is 1. The van der Waals surface area contributed by atoms with Crippen LogP contribution in [-0.4, -0.2) is 25.0 Å². The summed E-state index contributed by atoms with van der Waals surface area (Å²) in [6.07, 6.45) is 0.0903. The van der Waals surface area contributed by atoms with Gasteiger partial charge in [0.15, 0.2) is 6.61 Å². The van der Waals surface area contributed by atoms with Gasteiger partial charge in [-0.15, -0.1) is 0 Å². The van der Waals surface area contributed by atoms with Gasteiger partial charge in [0.25, 0.3) is 5.91 Å². The molecule has 0 saturated heterocycles. The van der Waals surface area contributed by atoms with Gasteiger partial charge in [-0.05, 0) is 48.9 Å². The number of halogens is 1. The van der Waals surface area contributed by atoms with Crippen LogP contribution in [0, 0.1) is 12.7 Å². The fourth-order valence-electron chi connectivity index (χ4n) is 1.88. The summed E-state index contributed by atoms with van der Waals surface area (Å²) in [6.45, 7) is 1.84. The van der Waals surface area contributed by atoms with Crippen LogP contribution in [-0.2, 0) is 9.59 Å². The number of nitrogens with one attached hydrogen (secondary N) is 2. The van der Waals surface area contributed by atoms with E-state index in [1.54, 1.807) is 6.07 Å². The highest BCUT2D eigenvalue weighted by molar-refractivity contribution is 5.82. The molecule has 0 aliphatic rings. The lowest BCUT2D eigenvalue weighted by molar-refractivity contribution is -0.130. The predicted octanol–water partition coefficient (Wildman–Crippen LogP) is 2.13. The van der Waals surface area contributed by atoms with Crippen molar-refractivity contribution in [2.75, 3.05) is 13.2 Å². The minimum absolute atomic E-state index is 0.0903. The molecule has 2 aromatic carbocycles. The summed E-state index contributed by atoms with van der Waals surface area (Å²) < 4.78 is 23.3. The smallest absolute Gasteiger partial charge is 0.276 e.